The Balaban J connectivity index is 2.45. The Bertz CT molecular complexity index is 528. The fraction of sp³-hybridized carbons (Fsp3) is 0.286. The molecule has 0 radical (unpaired) electrons. The number of nitrogens with zero attached hydrogens (tertiary/aromatic N) is 2. The van der Waals surface area contributed by atoms with Gasteiger partial charge in [-0.05, 0) is 43.8 Å². The molecule has 0 aliphatic rings. The van der Waals surface area contributed by atoms with Gasteiger partial charge in [0.1, 0.15) is 11.4 Å². The summed E-state index contributed by atoms with van der Waals surface area (Å²) >= 11 is 0. The van der Waals surface area contributed by atoms with Gasteiger partial charge in [0, 0.05) is 18.1 Å². The van der Waals surface area contributed by atoms with Crippen LogP contribution in [-0.2, 0) is 0 Å². The monoisotopic (exact) mass is 243 g/mol. The first-order chi connectivity index (χ1) is 8.76. The third kappa shape index (κ3) is 2.49. The maximum Gasteiger partial charge on any atom is 0.142 e. The van der Waals surface area contributed by atoms with E-state index in [4.69, 9.17) is 4.74 Å². The first-order valence-electron chi connectivity index (χ1n) is 5.85. The zero-order valence-electron chi connectivity index (χ0n) is 10.8. The van der Waals surface area contributed by atoms with Gasteiger partial charge in [0.15, 0.2) is 0 Å². The van der Waals surface area contributed by atoms with E-state index in [0.29, 0.717) is 0 Å². The molecule has 2 heterocycles. The first kappa shape index (κ1) is 12.5. The molecule has 0 fully saturated rings. The molecule has 18 heavy (non-hydrogen) atoms. The molecule has 0 bridgehead atoms. The Morgan fingerprint density at radius 2 is 2.06 bits per heavy atom. The summed E-state index contributed by atoms with van der Waals surface area (Å²) < 4.78 is 5.36. The Hall–Kier alpha value is -1.94. The summed E-state index contributed by atoms with van der Waals surface area (Å²) in [6, 6.07) is 7.83. The van der Waals surface area contributed by atoms with E-state index in [2.05, 4.69) is 21.4 Å². The average Bonchev–Trinajstić information content (AvgIpc) is 2.40. The van der Waals surface area contributed by atoms with Gasteiger partial charge in [-0.3, -0.25) is 9.97 Å². The highest BCUT2D eigenvalue weighted by Gasteiger charge is 2.17. The zero-order chi connectivity index (χ0) is 13.0. The highest BCUT2D eigenvalue weighted by Crippen LogP contribution is 2.27. The quantitative estimate of drug-likeness (QED) is 0.893. The van der Waals surface area contributed by atoms with Crippen molar-refractivity contribution in [1.29, 1.82) is 0 Å². The van der Waals surface area contributed by atoms with E-state index in [-0.39, 0.29) is 6.04 Å². The van der Waals surface area contributed by atoms with Crippen molar-refractivity contribution in [3.8, 4) is 5.75 Å². The molecule has 2 rings (SSSR count). The number of aromatic nitrogens is 2. The van der Waals surface area contributed by atoms with Crippen molar-refractivity contribution < 1.29 is 4.74 Å². The lowest BCUT2D eigenvalue weighted by Crippen LogP contribution is -2.19. The van der Waals surface area contributed by atoms with E-state index in [1.165, 1.54) is 0 Å². The standard InChI is InChI=1S/C14H17N3O/c1-10-9-11(6-8-16-10)13(15-2)14-12(18-3)5-4-7-17-14/h4-9,13,15H,1-3H3. The minimum Gasteiger partial charge on any atom is -0.495 e. The lowest BCUT2D eigenvalue weighted by Gasteiger charge is -2.18. The van der Waals surface area contributed by atoms with Gasteiger partial charge in [0.05, 0.1) is 13.2 Å². The third-order valence-corrected chi connectivity index (χ3v) is 2.84. The number of aryl methyl sites for hydroxylation is 1. The van der Waals surface area contributed by atoms with Crippen molar-refractivity contribution in [2.24, 2.45) is 0 Å². The first-order valence-corrected chi connectivity index (χ1v) is 5.85. The van der Waals surface area contributed by atoms with Gasteiger partial charge < -0.3 is 10.1 Å². The number of ether oxygens (including phenoxy) is 1. The van der Waals surface area contributed by atoms with Gasteiger partial charge in [-0.25, -0.2) is 0 Å². The molecule has 2 aromatic heterocycles. The summed E-state index contributed by atoms with van der Waals surface area (Å²) in [6.07, 6.45) is 3.58. The van der Waals surface area contributed by atoms with E-state index in [1.807, 2.05) is 38.4 Å². The number of hydrogen-bond donors (Lipinski definition) is 1. The van der Waals surface area contributed by atoms with Crippen LogP contribution in [-0.4, -0.2) is 24.1 Å². The zero-order valence-corrected chi connectivity index (χ0v) is 10.8. The smallest absolute Gasteiger partial charge is 0.142 e. The highest BCUT2D eigenvalue weighted by atomic mass is 16.5. The van der Waals surface area contributed by atoms with E-state index >= 15 is 0 Å². The molecule has 0 amide bonds. The van der Waals surface area contributed by atoms with Gasteiger partial charge in [-0.2, -0.15) is 0 Å². The summed E-state index contributed by atoms with van der Waals surface area (Å²) in [6.45, 7) is 1.98. The average molecular weight is 243 g/mol. The Morgan fingerprint density at radius 1 is 1.22 bits per heavy atom. The lowest BCUT2D eigenvalue weighted by atomic mass is 10.0. The largest absolute Gasteiger partial charge is 0.495 e. The Labute approximate surface area is 107 Å². The van der Waals surface area contributed by atoms with Crippen LogP contribution >= 0.6 is 0 Å². The second kappa shape index (κ2) is 5.60. The molecule has 0 aliphatic heterocycles. The minimum absolute atomic E-state index is 0.00264. The molecule has 0 saturated heterocycles. The molecule has 4 heteroatoms. The number of rotatable bonds is 4. The van der Waals surface area contributed by atoms with Crippen LogP contribution in [0.25, 0.3) is 0 Å². The number of hydrogen-bond acceptors (Lipinski definition) is 4. The predicted octanol–water partition coefficient (Wildman–Crippen LogP) is 2.10. The van der Waals surface area contributed by atoms with Crippen LogP contribution in [0.3, 0.4) is 0 Å². The third-order valence-electron chi connectivity index (χ3n) is 2.84. The predicted molar refractivity (Wildman–Crippen MR) is 70.7 cm³/mol. The number of pyridine rings is 2. The maximum atomic E-state index is 5.36. The molecule has 2 aromatic rings. The van der Waals surface area contributed by atoms with Gasteiger partial charge in [0.25, 0.3) is 0 Å². The van der Waals surface area contributed by atoms with Crippen LogP contribution < -0.4 is 10.1 Å². The molecular formula is C14H17N3O. The van der Waals surface area contributed by atoms with Crippen LogP contribution in [0, 0.1) is 6.92 Å². The molecule has 0 aliphatic carbocycles. The Kier molecular flexibility index (Phi) is 3.89. The number of methoxy groups -OCH3 is 1. The van der Waals surface area contributed by atoms with E-state index in [1.54, 1.807) is 13.3 Å². The molecule has 1 N–H and O–H groups in total. The van der Waals surface area contributed by atoms with Crippen molar-refractivity contribution in [3.05, 3.63) is 53.6 Å². The topological polar surface area (TPSA) is 47.0 Å². The van der Waals surface area contributed by atoms with E-state index < -0.39 is 0 Å². The van der Waals surface area contributed by atoms with Gasteiger partial charge in [-0.1, -0.05) is 0 Å². The van der Waals surface area contributed by atoms with Crippen LogP contribution in [0.2, 0.25) is 0 Å². The van der Waals surface area contributed by atoms with Crippen molar-refractivity contribution in [1.82, 2.24) is 15.3 Å². The van der Waals surface area contributed by atoms with Crippen LogP contribution in [0.4, 0.5) is 0 Å². The molecule has 0 saturated carbocycles. The summed E-state index contributed by atoms with van der Waals surface area (Å²) in [5.74, 6) is 0.784. The van der Waals surface area contributed by atoms with Crippen molar-refractivity contribution in [2.75, 3.05) is 14.2 Å². The summed E-state index contributed by atoms with van der Waals surface area (Å²) in [4.78, 5) is 8.63. The maximum absolute atomic E-state index is 5.36. The second-order valence-corrected chi connectivity index (χ2v) is 4.04. The van der Waals surface area contributed by atoms with Gasteiger partial charge >= 0.3 is 0 Å². The fourth-order valence-corrected chi connectivity index (χ4v) is 2.00. The van der Waals surface area contributed by atoms with Crippen molar-refractivity contribution >= 4 is 0 Å². The highest BCUT2D eigenvalue weighted by molar-refractivity contribution is 5.36. The number of nitrogens with one attached hydrogen (secondary N) is 1. The molecular weight excluding hydrogens is 226 g/mol. The van der Waals surface area contributed by atoms with Gasteiger partial charge in [-0.15, -0.1) is 0 Å². The van der Waals surface area contributed by atoms with Crippen molar-refractivity contribution in [3.63, 3.8) is 0 Å². The SMILES string of the molecule is CNC(c1ccnc(C)c1)c1ncccc1OC. The molecule has 4 nitrogen and oxygen atoms in total. The fourth-order valence-electron chi connectivity index (χ4n) is 2.00. The summed E-state index contributed by atoms with van der Waals surface area (Å²) in [5, 5.41) is 3.27. The molecule has 1 unspecified atom stereocenters. The van der Waals surface area contributed by atoms with E-state index in [9.17, 15) is 0 Å². The Morgan fingerprint density at radius 3 is 2.72 bits per heavy atom. The minimum atomic E-state index is 0.00264. The van der Waals surface area contributed by atoms with Crippen molar-refractivity contribution in [2.45, 2.75) is 13.0 Å². The van der Waals surface area contributed by atoms with E-state index in [0.717, 1.165) is 22.7 Å². The summed E-state index contributed by atoms with van der Waals surface area (Å²) in [7, 11) is 3.57. The van der Waals surface area contributed by atoms with Gasteiger partial charge in [0.2, 0.25) is 0 Å². The van der Waals surface area contributed by atoms with Crippen LogP contribution in [0.15, 0.2) is 36.7 Å². The van der Waals surface area contributed by atoms with Crippen LogP contribution in [0.1, 0.15) is 23.0 Å². The molecule has 94 valence electrons. The second-order valence-electron chi connectivity index (χ2n) is 4.04. The molecule has 1 atom stereocenters. The summed E-state index contributed by atoms with van der Waals surface area (Å²) in [5.41, 5.74) is 3.00. The molecule has 0 aromatic carbocycles. The molecule has 0 spiro atoms. The normalized spacial score (nSPS) is 12.2. The van der Waals surface area contributed by atoms with Crippen LogP contribution in [0.5, 0.6) is 5.75 Å². The lowest BCUT2D eigenvalue weighted by molar-refractivity contribution is 0.401.